The topological polar surface area (TPSA) is 88.8 Å². The third kappa shape index (κ3) is 3.98. The Morgan fingerprint density at radius 2 is 2.03 bits per heavy atom. The average Bonchev–Trinajstić information content (AvgIpc) is 3.44. The second kappa shape index (κ2) is 8.13. The molecule has 0 saturated carbocycles. The number of thiazole rings is 1. The van der Waals surface area contributed by atoms with Crippen molar-refractivity contribution in [2.45, 2.75) is 19.5 Å². The molecule has 9 heteroatoms. The van der Waals surface area contributed by atoms with Crippen LogP contribution in [0.25, 0.3) is 5.69 Å². The summed E-state index contributed by atoms with van der Waals surface area (Å²) in [6.45, 7) is 2.74. The molecule has 8 nitrogen and oxygen atoms in total. The smallest absolute Gasteiger partial charge is 0.257 e. The van der Waals surface area contributed by atoms with E-state index in [0.717, 1.165) is 37.4 Å². The van der Waals surface area contributed by atoms with E-state index < -0.39 is 0 Å². The average molecular weight is 417 g/mol. The molecule has 1 aliphatic rings. The van der Waals surface area contributed by atoms with Crippen molar-refractivity contribution in [3.8, 4) is 5.69 Å². The van der Waals surface area contributed by atoms with Gasteiger partial charge in [-0.25, -0.2) is 9.67 Å². The Morgan fingerprint density at radius 3 is 2.87 bits per heavy atom. The van der Waals surface area contributed by atoms with Gasteiger partial charge in [-0.2, -0.15) is 0 Å². The Labute approximate surface area is 177 Å². The maximum atomic E-state index is 12.7. The number of anilines is 1. The number of aromatic nitrogens is 5. The van der Waals surface area contributed by atoms with Crippen LogP contribution in [0.2, 0.25) is 0 Å². The first kappa shape index (κ1) is 18.6. The summed E-state index contributed by atoms with van der Waals surface area (Å²) in [5.74, 6) is -0.197. The molecule has 150 valence electrons. The van der Waals surface area contributed by atoms with E-state index in [9.17, 15) is 4.79 Å². The van der Waals surface area contributed by atoms with Gasteiger partial charge in [0, 0.05) is 36.5 Å². The van der Waals surface area contributed by atoms with Crippen LogP contribution in [0.15, 0.2) is 60.9 Å². The first-order valence-corrected chi connectivity index (χ1v) is 10.5. The lowest BCUT2D eigenvalue weighted by Crippen LogP contribution is -2.29. The molecule has 1 amide bonds. The normalized spacial score (nSPS) is 13.7. The summed E-state index contributed by atoms with van der Waals surface area (Å²) < 4.78 is 1.51. The van der Waals surface area contributed by atoms with Crippen molar-refractivity contribution in [3.63, 3.8) is 0 Å². The molecule has 0 fully saturated rings. The molecule has 0 aliphatic carbocycles. The number of carbonyl (C=O) groups is 1. The van der Waals surface area contributed by atoms with Crippen LogP contribution in [0.4, 0.5) is 5.13 Å². The Bertz CT molecular complexity index is 1160. The van der Waals surface area contributed by atoms with Gasteiger partial charge >= 0.3 is 0 Å². The predicted molar refractivity (Wildman–Crippen MR) is 113 cm³/mol. The van der Waals surface area contributed by atoms with E-state index in [1.807, 2.05) is 12.1 Å². The summed E-state index contributed by atoms with van der Waals surface area (Å²) in [6.07, 6.45) is 2.39. The van der Waals surface area contributed by atoms with Gasteiger partial charge in [0.1, 0.15) is 6.33 Å². The Hall–Kier alpha value is -3.43. The predicted octanol–water partition coefficient (Wildman–Crippen LogP) is 2.93. The van der Waals surface area contributed by atoms with Gasteiger partial charge in [-0.05, 0) is 34.2 Å². The van der Waals surface area contributed by atoms with Crippen LogP contribution in [0, 0.1) is 0 Å². The highest BCUT2D eigenvalue weighted by atomic mass is 32.1. The van der Waals surface area contributed by atoms with Crippen LogP contribution >= 0.6 is 11.3 Å². The van der Waals surface area contributed by atoms with E-state index in [4.69, 9.17) is 0 Å². The summed E-state index contributed by atoms with van der Waals surface area (Å²) in [7, 11) is 0. The van der Waals surface area contributed by atoms with Gasteiger partial charge in [0.15, 0.2) is 5.13 Å². The highest BCUT2D eigenvalue weighted by Gasteiger charge is 2.21. The van der Waals surface area contributed by atoms with Crippen LogP contribution in [-0.4, -0.2) is 42.5 Å². The van der Waals surface area contributed by atoms with Crippen LogP contribution in [0.1, 0.15) is 26.5 Å². The largest absolute Gasteiger partial charge is 0.298 e. The fraction of sp³-hybridized carbons (Fsp3) is 0.190. The summed E-state index contributed by atoms with van der Waals surface area (Å²) >= 11 is 1.55. The van der Waals surface area contributed by atoms with E-state index in [-0.39, 0.29) is 5.91 Å². The zero-order valence-electron chi connectivity index (χ0n) is 16.1. The zero-order chi connectivity index (χ0) is 20.3. The first-order chi connectivity index (χ1) is 14.7. The van der Waals surface area contributed by atoms with Crippen LogP contribution < -0.4 is 5.32 Å². The summed E-state index contributed by atoms with van der Waals surface area (Å²) in [5.41, 5.74) is 3.65. The summed E-state index contributed by atoms with van der Waals surface area (Å²) in [5, 5.41) is 14.7. The molecule has 1 N–H and O–H groups in total. The van der Waals surface area contributed by atoms with Crippen molar-refractivity contribution in [3.05, 3.63) is 82.6 Å². The number of carbonyl (C=O) groups excluding carboxylic acids is 1. The second-order valence-electron chi connectivity index (χ2n) is 7.09. The number of nitrogens with zero attached hydrogens (tertiary/aromatic N) is 6. The van der Waals surface area contributed by atoms with Crippen molar-refractivity contribution in [1.82, 2.24) is 30.1 Å². The lowest BCUT2D eigenvalue weighted by molar-refractivity contribution is 0.102. The van der Waals surface area contributed by atoms with Crippen LogP contribution in [-0.2, 0) is 19.5 Å². The maximum Gasteiger partial charge on any atom is 0.257 e. The number of nitrogens with one attached hydrogen (secondary N) is 1. The molecule has 0 bridgehead atoms. The fourth-order valence-electron chi connectivity index (χ4n) is 3.52. The monoisotopic (exact) mass is 417 g/mol. The summed E-state index contributed by atoms with van der Waals surface area (Å²) in [6, 6.07) is 17.6. The molecular formula is C21H19N7OS. The van der Waals surface area contributed by atoms with Crippen molar-refractivity contribution in [1.29, 1.82) is 0 Å². The molecule has 0 saturated heterocycles. The number of tetrazole rings is 1. The molecule has 2 aromatic heterocycles. The molecule has 0 unspecified atom stereocenters. The Balaban J connectivity index is 1.27. The number of rotatable bonds is 5. The molecule has 0 atom stereocenters. The van der Waals surface area contributed by atoms with Crippen molar-refractivity contribution in [2.75, 3.05) is 11.9 Å². The highest BCUT2D eigenvalue weighted by Crippen LogP contribution is 2.29. The van der Waals surface area contributed by atoms with E-state index in [2.05, 4.69) is 55.0 Å². The van der Waals surface area contributed by atoms with Gasteiger partial charge in [-0.3, -0.25) is 15.0 Å². The molecule has 5 rings (SSSR count). The SMILES string of the molecule is O=C(Nc1nc2c(s1)CN(Cc1ccccc1)CC2)c1cccc(-n2cnnn2)c1. The van der Waals surface area contributed by atoms with Gasteiger partial charge < -0.3 is 0 Å². The van der Waals surface area contributed by atoms with Crippen molar-refractivity contribution < 1.29 is 4.79 Å². The van der Waals surface area contributed by atoms with Gasteiger partial charge in [0.25, 0.3) is 5.91 Å². The second-order valence-corrected chi connectivity index (χ2v) is 8.18. The van der Waals surface area contributed by atoms with Gasteiger partial charge in [-0.1, -0.05) is 36.4 Å². The zero-order valence-corrected chi connectivity index (χ0v) is 16.9. The van der Waals surface area contributed by atoms with Gasteiger partial charge in [-0.15, -0.1) is 16.4 Å². The molecule has 0 radical (unpaired) electrons. The highest BCUT2D eigenvalue weighted by molar-refractivity contribution is 7.15. The molecular weight excluding hydrogens is 398 g/mol. The minimum Gasteiger partial charge on any atom is -0.298 e. The van der Waals surface area contributed by atoms with Crippen molar-refractivity contribution in [2.24, 2.45) is 0 Å². The first-order valence-electron chi connectivity index (χ1n) is 9.64. The molecule has 1 aliphatic heterocycles. The quantitative estimate of drug-likeness (QED) is 0.537. The molecule has 30 heavy (non-hydrogen) atoms. The number of amides is 1. The minimum atomic E-state index is -0.197. The molecule has 2 aromatic carbocycles. The number of hydrogen-bond donors (Lipinski definition) is 1. The number of benzene rings is 2. The Morgan fingerprint density at radius 1 is 1.13 bits per heavy atom. The Kier molecular flexibility index (Phi) is 5.04. The number of fused-ring (bicyclic) bond motifs is 1. The maximum absolute atomic E-state index is 12.7. The van der Waals surface area contributed by atoms with Crippen LogP contribution in [0.3, 0.4) is 0 Å². The minimum absolute atomic E-state index is 0.197. The summed E-state index contributed by atoms with van der Waals surface area (Å²) in [4.78, 5) is 21.0. The van der Waals surface area contributed by atoms with Gasteiger partial charge in [0.05, 0.1) is 11.4 Å². The third-order valence-corrected chi connectivity index (χ3v) is 6.00. The van der Waals surface area contributed by atoms with E-state index in [1.54, 1.807) is 29.5 Å². The lowest BCUT2D eigenvalue weighted by Gasteiger charge is -2.25. The number of hydrogen-bond acceptors (Lipinski definition) is 7. The molecule has 3 heterocycles. The van der Waals surface area contributed by atoms with Crippen molar-refractivity contribution >= 4 is 22.4 Å². The molecule has 0 spiro atoms. The van der Waals surface area contributed by atoms with E-state index >= 15 is 0 Å². The molecule has 4 aromatic rings. The van der Waals surface area contributed by atoms with Crippen LogP contribution in [0.5, 0.6) is 0 Å². The van der Waals surface area contributed by atoms with E-state index in [0.29, 0.717) is 10.7 Å². The third-order valence-electron chi connectivity index (χ3n) is 5.00. The fourth-order valence-corrected chi connectivity index (χ4v) is 4.56. The van der Waals surface area contributed by atoms with E-state index in [1.165, 1.54) is 21.4 Å². The standard InChI is InChI=1S/C21H19N7OS/c29-20(16-7-4-8-17(11-16)28-14-22-25-26-28)24-21-23-18-9-10-27(13-19(18)30-21)12-15-5-2-1-3-6-15/h1-8,11,14H,9-10,12-13H2,(H,23,24,29). The van der Waals surface area contributed by atoms with Gasteiger partial charge in [0.2, 0.25) is 0 Å². The lowest BCUT2D eigenvalue weighted by atomic mass is 10.1.